The molecule has 0 unspecified atom stereocenters. The van der Waals surface area contributed by atoms with Crippen molar-refractivity contribution < 1.29 is 4.74 Å². The maximum absolute atomic E-state index is 5.07. The lowest BCUT2D eigenvalue weighted by molar-refractivity contribution is 0.276. The van der Waals surface area contributed by atoms with Crippen molar-refractivity contribution in [2.45, 2.75) is 96.8 Å². The van der Waals surface area contributed by atoms with Crippen LogP contribution in [-0.2, 0) is 4.74 Å². The Morgan fingerprint density at radius 2 is 1.24 bits per heavy atom. The lowest BCUT2D eigenvalue weighted by atomic mass is 10.1. The maximum atomic E-state index is 5.07. The summed E-state index contributed by atoms with van der Waals surface area (Å²) in [5.74, 6) is 0.924. The molecule has 0 radical (unpaired) electrons. The van der Waals surface area contributed by atoms with Gasteiger partial charge >= 0.3 is 0 Å². The lowest BCUT2D eigenvalue weighted by Gasteiger charge is -2.03. The molecule has 0 aliphatic carbocycles. The Morgan fingerprint density at radius 1 is 0.762 bits per heavy atom. The summed E-state index contributed by atoms with van der Waals surface area (Å²) in [6.45, 7) is 6.12. The molecule has 1 heteroatoms. The first-order valence-electron chi connectivity index (χ1n) is 9.18. The van der Waals surface area contributed by atoms with E-state index >= 15 is 0 Å². The Bertz CT molecular complexity index is 242. The SMILES string of the molecule is C=C(CCCCCCC/C=C/CCCCCCCC)OC. The van der Waals surface area contributed by atoms with E-state index in [-0.39, 0.29) is 0 Å². The van der Waals surface area contributed by atoms with Crippen molar-refractivity contribution in [2.24, 2.45) is 0 Å². The van der Waals surface area contributed by atoms with Crippen molar-refractivity contribution in [1.29, 1.82) is 0 Å². The number of hydrogen-bond acceptors (Lipinski definition) is 1. The van der Waals surface area contributed by atoms with Crippen LogP contribution in [0.2, 0.25) is 0 Å². The third kappa shape index (κ3) is 17.2. The minimum atomic E-state index is 0.924. The standard InChI is InChI=1S/C20H38O/c1-4-5-6-7-8-9-10-11-12-13-14-15-16-17-18-19-20(2)21-3/h11-12H,2,4-10,13-19H2,1,3H3/b12-11+. The van der Waals surface area contributed by atoms with Gasteiger partial charge in [-0.1, -0.05) is 77.0 Å². The third-order valence-corrected chi connectivity index (χ3v) is 4.01. The number of unbranched alkanes of at least 4 members (excludes halogenated alkanes) is 11. The molecule has 0 fully saturated rings. The highest BCUT2D eigenvalue weighted by Crippen LogP contribution is 2.11. The summed E-state index contributed by atoms with van der Waals surface area (Å²) in [7, 11) is 1.71. The number of ether oxygens (including phenoxy) is 1. The summed E-state index contributed by atoms with van der Waals surface area (Å²) < 4.78 is 5.07. The highest BCUT2D eigenvalue weighted by Gasteiger charge is 1.93. The molecule has 21 heavy (non-hydrogen) atoms. The van der Waals surface area contributed by atoms with Crippen molar-refractivity contribution in [1.82, 2.24) is 0 Å². The molecule has 0 N–H and O–H groups in total. The van der Waals surface area contributed by atoms with E-state index in [9.17, 15) is 0 Å². The van der Waals surface area contributed by atoms with Crippen LogP contribution in [0.4, 0.5) is 0 Å². The van der Waals surface area contributed by atoms with Crippen LogP contribution in [0.25, 0.3) is 0 Å². The zero-order valence-electron chi connectivity index (χ0n) is 14.7. The molecule has 0 saturated carbocycles. The van der Waals surface area contributed by atoms with Gasteiger partial charge in [0.2, 0.25) is 0 Å². The molecule has 124 valence electrons. The second-order valence-corrected chi connectivity index (χ2v) is 6.08. The van der Waals surface area contributed by atoms with Crippen molar-refractivity contribution in [3.05, 3.63) is 24.5 Å². The Labute approximate surface area is 133 Å². The van der Waals surface area contributed by atoms with Gasteiger partial charge in [-0.25, -0.2) is 0 Å². The van der Waals surface area contributed by atoms with Crippen LogP contribution in [0.1, 0.15) is 96.8 Å². The first-order chi connectivity index (χ1) is 10.3. The van der Waals surface area contributed by atoms with E-state index in [1.807, 2.05) is 0 Å². The lowest BCUT2D eigenvalue weighted by Crippen LogP contribution is -1.85. The van der Waals surface area contributed by atoms with Crippen molar-refractivity contribution in [3.63, 3.8) is 0 Å². The average Bonchev–Trinajstić information content (AvgIpc) is 2.50. The molecular weight excluding hydrogens is 256 g/mol. The maximum Gasteiger partial charge on any atom is 0.0883 e. The van der Waals surface area contributed by atoms with Crippen LogP contribution < -0.4 is 0 Å². The summed E-state index contributed by atoms with van der Waals surface area (Å²) in [6.07, 6.45) is 23.3. The third-order valence-electron chi connectivity index (χ3n) is 4.01. The Hall–Kier alpha value is -0.720. The van der Waals surface area contributed by atoms with E-state index in [0.717, 1.165) is 12.2 Å². The Balaban J connectivity index is 3.10. The predicted molar refractivity (Wildman–Crippen MR) is 95.6 cm³/mol. The Kier molecular flexibility index (Phi) is 16.7. The first kappa shape index (κ1) is 20.3. The second-order valence-electron chi connectivity index (χ2n) is 6.08. The molecule has 0 atom stereocenters. The number of allylic oxidation sites excluding steroid dienone is 3. The van der Waals surface area contributed by atoms with Gasteiger partial charge in [-0.3, -0.25) is 0 Å². The quantitative estimate of drug-likeness (QED) is 0.166. The van der Waals surface area contributed by atoms with Gasteiger partial charge in [0, 0.05) is 6.42 Å². The van der Waals surface area contributed by atoms with Crippen LogP contribution in [0, 0.1) is 0 Å². The number of methoxy groups -OCH3 is 1. The van der Waals surface area contributed by atoms with Gasteiger partial charge in [-0.05, 0) is 32.1 Å². The van der Waals surface area contributed by atoms with Gasteiger partial charge < -0.3 is 4.74 Å². The molecule has 0 amide bonds. The zero-order chi connectivity index (χ0) is 15.6. The van der Waals surface area contributed by atoms with E-state index in [1.54, 1.807) is 7.11 Å². The van der Waals surface area contributed by atoms with E-state index in [0.29, 0.717) is 0 Å². The normalized spacial score (nSPS) is 11.1. The van der Waals surface area contributed by atoms with E-state index in [1.165, 1.54) is 83.5 Å². The highest BCUT2D eigenvalue weighted by molar-refractivity contribution is 4.82. The Morgan fingerprint density at radius 3 is 1.76 bits per heavy atom. The van der Waals surface area contributed by atoms with Gasteiger partial charge in [-0.15, -0.1) is 0 Å². The fourth-order valence-electron chi connectivity index (χ4n) is 2.49. The molecule has 0 aliphatic heterocycles. The van der Waals surface area contributed by atoms with Crippen molar-refractivity contribution in [2.75, 3.05) is 7.11 Å². The zero-order valence-corrected chi connectivity index (χ0v) is 14.7. The minimum Gasteiger partial charge on any atom is -0.502 e. The average molecular weight is 295 g/mol. The highest BCUT2D eigenvalue weighted by atomic mass is 16.5. The van der Waals surface area contributed by atoms with Gasteiger partial charge in [0.15, 0.2) is 0 Å². The van der Waals surface area contributed by atoms with Crippen LogP contribution >= 0.6 is 0 Å². The number of hydrogen-bond donors (Lipinski definition) is 0. The van der Waals surface area contributed by atoms with Crippen molar-refractivity contribution in [3.8, 4) is 0 Å². The molecule has 0 spiro atoms. The molecule has 0 bridgehead atoms. The van der Waals surface area contributed by atoms with Gasteiger partial charge in [0.1, 0.15) is 0 Å². The van der Waals surface area contributed by atoms with E-state index in [4.69, 9.17) is 4.74 Å². The molecule has 0 aromatic rings. The summed E-state index contributed by atoms with van der Waals surface area (Å²) in [5, 5.41) is 0. The molecule has 0 aromatic carbocycles. The van der Waals surface area contributed by atoms with Crippen LogP contribution in [0.5, 0.6) is 0 Å². The summed E-state index contributed by atoms with van der Waals surface area (Å²) in [4.78, 5) is 0. The molecule has 1 nitrogen and oxygen atoms in total. The van der Waals surface area contributed by atoms with Crippen LogP contribution in [0.15, 0.2) is 24.5 Å². The second kappa shape index (κ2) is 17.3. The van der Waals surface area contributed by atoms with Crippen LogP contribution in [0.3, 0.4) is 0 Å². The molecule has 0 rings (SSSR count). The van der Waals surface area contributed by atoms with E-state index in [2.05, 4.69) is 25.7 Å². The fourth-order valence-corrected chi connectivity index (χ4v) is 2.49. The smallest absolute Gasteiger partial charge is 0.0883 e. The molecule has 0 saturated heterocycles. The first-order valence-corrected chi connectivity index (χ1v) is 9.18. The molecule has 0 heterocycles. The number of rotatable bonds is 16. The summed E-state index contributed by atoms with van der Waals surface area (Å²) in [5.41, 5.74) is 0. The molecule has 0 aliphatic rings. The van der Waals surface area contributed by atoms with Crippen LogP contribution in [-0.4, -0.2) is 7.11 Å². The monoisotopic (exact) mass is 294 g/mol. The molecular formula is C20H38O. The largest absolute Gasteiger partial charge is 0.502 e. The fraction of sp³-hybridized carbons (Fsp3) is 0.800. The molecule has 0 aromatic heterocycles. The predicted octanol–water partition coefficient (Wildman–Crippen LogP) is 7.18. The van der Waals surface area contributed by atoms with E-state index < -0.39 is 0 Å². The minimum absolute atomic E-state index is 0.924. The van der Waals surface area contributed by atoms with Gasteiger partial charge in [0.05, 0.1) is 12.9 Å². The summed E-state index contributed by atoms with van der Waals surface area (Å²) >= 11 is 0. The van der Waals surface area contributed by atoms with Gasteiger partial charge in [-0.2, -0.15) is 0 Å². The van der Waals surface area contributed by atoms with Gasteiger partial charge in [0.25, 0.3) is 0 Å². The summed E-state index contributed by atoms with van der Waals surface area (Å²) in [6, 6.07) is 0. The van der Waals surface area contributed by atoms with Crippen molar-refractivity contribution >= 4 is 0 Å². The topological polar surface area (TPSA) is 9.23 Å².